The van der Waals surface area contributed by atoms with E-state index in [-0.39, 0.29) is 0 Å². The number of amides is 1. The fraction of sp³-hybridized carbons (Fsp3) is 0.812. The maximum Gasteiger partial charge on any atom is 0.225 e. The smallest absolute Gasteiger partial charge is 0.225 e. The van der Waals surface area contributed by atoms with Crippen LogP contribution in [0.1, 0.15) is 45.4 Å². The highest BCUT2D eigenvalue weighted by molar-refractivity contribution is 5.81. The van der Waals surface area contributed by atoms with E-state index in [1.165, 1.54) is 25.7 Å². The summed E-state index contributed by atoms with van der Waals surface area (Å²) in [5.74, 6) is 3.46. The molecule has 1 amide bonds. The molecule has 18 heavy (non-hydrogen) atoms. The van der Waals surface area contributed by atoms with Gasteiger partial charge in [0.1, 0.15) is 0 Å². The third-order valence-corrected chi connectivity index (χ3v) is 4.97. The summed E-state index contributed by atoms with van der Waals surface area (Å²) in [6.45, 7) is 4.07. The van der Waals surface area contributed by atoms with Crippen molar-refractivity contribution in [3.05, 3.63) is 12.2 Å². The van der Waals surface area contributed by atoms with Crippen molar-refractivity contribution in [3.8, 4) is 0 Å². The van der Waals surface area contributed by atoms with Crippen LogP contribution in [-0.4, -0.2) is 23.9 Å². The Labute approximate surface area is 110 Å². The summed E-state index contributed by atoms with van der Waals surface area (Å²) in [6, 6.07) is 0. The monoisotopic (exact) mass is 247 g/mol. The van der Waals surface area contributed by atoms with Gasteiger partial charge in [-0.05, 0) is 63.2 Å². The summed E-state index contributed by atoms with van der Waals surface area (Å²) >= 11 is 0. The first-order valence-electron chi connectivity index (χ1n) is 7.73. The molecule has 0 aromatic heterocycles. The number of carbonyl (C=O) groups is 1. The molecule has 0 N–H and O–H groups in total. The van der Waals surface area contributed by atoms with Gasteiger partial charge in [0.05, 0.1) is 0 Å². The van der Waals surface area contributed by atoms with Crippen LogP contribution in [0.25, 0.3) is 0 Å². The molecule has 2 nitrogen and oxygen atoms in total. The van der Waals surface area contributed by atoms with Gasteiger partial charge in [-0.25, -0.2) is 0 Å². The molecule has 0 radical (unpaired) electrons. The van der Waals surface area contributed by atoms with Crippen LogP contribution in [0.15, 0.2) is 12.2 Å². The van der Waals surface area contributed by atoms with Crippen molar-refractivity contribution in [2.24, 2.45) is 23.7 Å². The molecule has 0 bridgehead atoms. The molecular weight excluding hydrogens is 222 g/mol. The minimum atomic E-state index is 0.389. The average Bonchev–Trinajstić information content (AvgIpc) is 3.29. The summed E-state index contributed by atoms with van der Waals surface area (Å²) in [7, 11) is 0. The SMILES string of the molecule is CCN(C[C@H]1CC1C1CC=CCC1)C(=O)C1CC1. The molecule has 3 rings (SSSR count). The molecule has 2 saturated carbocycles. The number of hydrogen-bond donors (Lipinski definition) is 0. The molecule has 3 aliphatic rings. The van der Waals surface area contributed by atoms with Gasteiger partial charge in [0.25, 0.3) is 0 Å². The van der Waals surface area contributed by atoms with Crippen LogP contribution in [0.5, 0.6) is 0 Å². The van der Waals surface area contributed by atoms with Crippen LogP contribution in [0.3, 0.4) is 0 Å². The first kappa shape index (κ1) is 12.3. The van der Waals surface area contributed by atoms with Gasteiger partial charge in [-0.1, -0.05) is 12.2 Å². The molecule has 0 saturated heterocycles. The van der Waals surface area contributed by atoms with Gasteiger partial charge in [0, 0.05) is 19.0 Å². The molecule has 0 aromatic carbocycles. The van der Waals surface area contributed by atoms with Gasteiger partial charge in [0.2, 0.25) is 5.91 Å². The summed E-state index contributed by atoms with van der Waals surface area (Å²) in [5, 5.41) is 0. The Balaban J connectivity index is 1.48. The Kier molecular flexibility index (Phi) is 3.45. The minimum Gasteiger partial charge on any atom is -0.342 e. The van der Waals surface area contributed by atoms with E-state index < -0.39 is 0 Å². The fourth-order valence-corrected chi connectivity index (χ4v) is 3.51. The topological polar surface area (TPSA) is 20.3 Å². The van der Waals surface area contributed by atoms with E-state index in [1.54, 1.807) is 0 Å². The van der Waals surface area contributed by atoms with Crippen LogP contribution in [-0.2, 0) is 4.79 Å². The molecule has 2 heteroatoms. The Hall–Kier alpha value is -0.790. The quantitative estimate of drug-likeness (QED) is 0.683. The van der Waals surface area contributed by atoms with E-state index >= 15 is 0 Å². The van der Waals surface area contributed by atoms with Crippen molar-refractivity contribution < 1.29 is 4.79 Å². The van der Waals surface area contributed by atoms with Crippen LogP contribution in [0.4, 0.5) is 0 Å². The fourth-order valence-electron chi connectivity index (χ4n) is 3.51. The normalized spacial score (nSPS) is 34.4. The zero-order valence-electron chi connectivity index (χ0n) is 11.5. The third-order valence-electron chi connectivity index (χ3n) is 4.97. The third kappa shape index (κ3) is 2.62. The molecule has 100 valence electrons. The predicted molar refractivity (Wildman–Crippen MR) is 73.1 cm³/mol. The van der Waals surface area contributed by atoms with Crippen LogP contribution in [0, 0.1) is 23.7 Å². The van der Waals surface area contributed by atoms with Crippen LogP contribution >= 0.6 is 0 Å². The molecule has 0 spiro atoms. The van der Waals surface area contributed by atoms with Crippen molar-refractivity contribution in [1.29, 1.82) is 0 Å². The van der Waals surface area contributed by atoms with Gasteiger partial charge < -0.3 is 4.90 Å². The maximum atomic E-state index is 12.1. The van der Waals surface area contributed by atoms with E-state index in [2.05, 4.69) is 24.0 Å². The van der Waals surface area contributed by atoms with Crippen molar-refractivity contribution in [2.75, 3.05) is 13.1 Å². The lowest BCUT2D eigenvalue weighted by molar-refractivity contribution is -0.132. The highest BCUT2D eigenvalue weighted by Gasteiger charge is 2.44. The maximum absolute atomic E-state index is 12.1. The average molecular weight is 247 g/mol. The molecule has 2 unspecified atom stereocenters. The molecule has 0 heterocycles. The highest BCUT2D eigenvalue weighted by Crippen LogP contribution is 2.49. The van der Waals surface area contributed by atoms with E-state index in [0.29, 0.717) is 11.8 Å². The lowest BCUT2D eigenvalue weighted by atomic mass is 9.89. The Bertz CT molecular complexity index is 345. The second-order valence-electron chi connectivity index (χ2n) is 6.36. The van der Waals surface area contributed by atoms with Crippen LogP contribution < -0.4 is 0 Å². The second kappa shape index (κ2) is 5.07. The highest BCUT2D eigenvalue weighted by atomic mass is 16.2. The molecule has 3 atom stereocenters. The van der Waals surface area contributed by atoms with Gasteiger partial charge >= 0.3 is 0 Å². The Morgan fingerprint density at radius 2 is 2.11 bits per heavy atom. The van der Waals surface area contributed by atoms with E-state index in [9.17, 15) is 4.79 Å². The lowest BCUT2D eigenvalue weighted by Crippen LogP contribution is -2.34. The first-order valence-corrected chi connectivity index (χ1v) is 7.73. The van der Waals surface area contributed by atoms with Crippen LogP contribution in [0.2, 0.25) is 0 Å². The number of allylic oxidation sites excluding steroid dienone is 2. The summed E-state index contributed by atoms with van der Waals surface area (Å²) in [4.78, 5) is 14.2. The van der Waals surface area contributed by atoms with Crippen molar-refractivity contribution in [1.82, 2.24) is 4.90 Å². The van der Waals surface area contributed by atoms with Gasteiger partial charge in [-0.3, -0.25) is 4.79 Å². The van der Waals surface area contributed by atoms with Crippen molar-refractivity contribution >= 4 is 5.91 Å². The lowest BCUT2D eigenvalue weighted by Gasteiger charge is -2.22. The molecular formula is C16H25NO. The molecule has 0 aromatic rings. The van der Waals surface area contributed by atoms with E-state index in [4.69, 9.17) is 0 Å². The zero-order chi connectivity index (χ0) is 12.5. The Morgan fingerprint density at radius 3 is 2.72 bits per heavy atom. The van der Waals surface area contributed by atoms with Crippen molar-refractivity contribution in [2.45, 2.75) is 45.4 Å². The largest absolute Gasteiger partial charge is 0.342 e. The first-order chi connectivity index (χ1) is 8.79. The number of nitrogens with zero attached hydrogens (tertiary/aromatic N) is 1. The molecule has 3 aliphatic carbocycles. The molecule has 0 aliphatic heterocycles. The minimum absolute atomic E-state index is 0.389. The number of carbonyl (C=O) groups excluding carboxylic acids is 1. The second-order valence-corrected chi connectivity index (χ2v) is 6.36. The van der Waals surface area contributed by atoms with E-state index in [1.807, 2.05) is 0 Å². The zero-order valence-corrected chi connectivity index (χ0v) is 11.5. The summed E-state index contributed by atoms with van der Waals surface area (Å²) in [6.07, 6.45) is 12.2. The van der Waals surface area contributed by atoms with Gasteiger partial charge in [-0.15, -0.1) is 0 Å². The predicted octanol–water partition coefficient (Wildman–Crippen LogP) is 3.24. The number of rotatable bonds is 5. The standard InChI is InChI=1S/C16H25NO/c1-2-17(16(18)13-8-9-13)11-14-10-15(14)12-6-4-3-5-7-12/h3-4,12-15H,2,5-11H2,1H3/t12?,14-,15?/m1/s1. The summed E-state index contributed by atoms with van der Waals surface area (Å²) < 4.78 is 0. The molecule has 2 fully saturated rings. The summed E-state index contributed by atoms with van der Waals surface area (Å²) in [5.41, 5.74) is 0. The van der Waals surface area contributed by atoms with Gasteiger partial charge in [0.15, 0.2) is 0 Å². The van der Waals surface area contributed by atoms with E-state index in [0.717, 1.165) is 43.7 Å². The van der Waals surface area contributed by atoms with Gasteiger partial charge in [-0.2, -0.15) is 0 Å². The Morgan fingerprint density at radius 1 is 1.28 bits per heavy atom. The number of hydrogen-bond acceptors (Lipinski definition) is 1. The van der Waals surface area contributed by atoms with Crippen molar-refractivity contribution in [3.63, 3.8) is 0 Å².